The standard InChI is InChI=1S/C18H17NO3/c1-2-18(11-12-18)17(20)21-13-14-7-6-10-16(19-14)22-15-8-4-3-5-9-15/h2-10H,1,11-13H2. The summed E-state index contributed by atoms with van der Waals surface area (Å²) in [6, 6.07) is 14.8. The van der Waals surface area contributed by atoms with Gasteiger partial charge in [0.25, 0.3) is 0 Å². The topological polar surface area (TPSA) is 48.4 Å². The van der Waals surface area contributed by atoms with E-state index in [0.29, 0.717) is 17.3 Å². The third-order valence-electron chi connectivity index (χ3n) is 3.68. The van der Waals surface area contributed by atoms with Crippen molar-refractivity contribution in [1.29, 1.82) is 0 Å². The number of carbonyl (C=O) groups excluding carboxylic acids is 1. The molecule has 1 aliphatic carbocycles. The molecule has 0 saturated heterocycles. The first kappa shape index (κ1) is 14.3. The zero-order valence-electron chi connectivity index (χ0n) is 12.2. The number of pyridine rings is 1. The molecule has 0 amide bonds. The van der Waals surface area contributed by atoms with Crippen molar-refractivity contribution >= 4 is 5.97 Å². The Balaban J connectivity index is 1.62. The summed E-state index contributed by atoms with van der Waals surface area (Å²) in [5.41, 5.74) is 0.194. The zero-order chi connectivity index (χ0) is 15.4. The number of ether oxygens (including phenoxy) is 2. The summed E-state index contributed by atoms with van der Waals surface area (Å²) >= 11 is 0. The van der Waals surface area contributed by atoms with Gasteiger partial charge in [0.2, 0.25) is 5.88 Å². The van der Waals surface area contributed by atoms with Crippen LogP contribution in [-0.4, -0.2) is 11.0 Å². The van der Waals surface area contributed by atoms with Gasteiger partial charge in [0.1, 0.15) is 12.4 Å². The molecule has 0 N–H and O–H groups in total. The van der Waals surface area contributed by atoms with Crippen LogP contribution in [0.25, 0.3) is 0 Å². The lowest BCUT2D eigenvalue weighted by atomic mass is 10.1. The average molecular weight is 295 g/mol. The Labute approximate surface area is 129 Å². The molecular formula is C18H17NO3. The Bertz CT molecular complexity index is 678. The van der Waals surface area contributed by atoms with E-state index in [9.17, 15) is 4.79 Å². The van der Waals surface area contributed by atoms with E-state index in [1.54, 1.807) is 18.2 Å². The molecule has 4 heteroatoms. The van der Waals surface area contributed by atoms with E-state index < -0.39 is 5.41 Å². The van der Waals surface area contributed by atoms with Crippen LogP contribution in [0.4, 0.5) is 0 Å². The minimum Gasteiger partial charge on any atom is -0.459 e. The van der Waals surface area contributed by atoms with Crippen molar-refractivity contribution in [3.05, 3.63) is 66.9 Å². The van der Waals surface area contributed by atoms with Crippen LogP contribution in [0.5, 0.6) is 11.6 Å². The maximum absolute atomic E-state index is 12.0. The Kier molecular flexibility index (Phi) is 3.92. The van der Waals surface area contributed by atoms with Crippen LogP contribution in [0.3, 0.4) is 0 Å². The minimum atomic E-state index is -0.460. The van der Waals surface area contributed by atoms with E-state index in [1.807, 2.05) is 36.4 Å². The normalized spacial score (nSPS) is 14.9. The van der Waals surface area contributed by atoms with Gasteiger partial charge in [-0.2, -0.15) is 0 Å². The molecule has 112 valence electrons. The minimum absolute atomic E-state index is 0.139. The average Bonchev–Trinajstić information content (AvgIpc) is 3.35. The summed E-state index contributed by atoms with van der Waals surface area (Å²) in [4.78, 5) is 16.3. The number of rotatable bonds is 6. The van der Waals surface area contributed by atoms with E-state index in [0.717, 1.165) is 12.8 Å². The maximum Gasteiger partial charge on any atom is 0.316 e. The number of aromatic nitrogens is 1. The molecule has 0 unspecified atom stereocenters. The van der Waals surface area contributed by atoms with Gasteiger partial charge >= 0.3 is 5.97 Å². The van der Waals surface area contributed by atoms with Gasteiger partial charge in [-0.1, -0.05) is 30.3 Å². The van der Waals surface area contributed by atoms with Crippen molar-refractivity contribution in [2.45, 2.75) is 19.4 Å². The highest BCUT2D eigenvalue weighted by Crippen LogP contribution is 2.47. The van der Waals surface area contributed by atoms with Crippen LogP contribution >= 0.6 is 0 Å². The largest absolute Gasteiger partial charge is 0.459 e. The number of nitrogens with zero attached hydrogens (tertiary/aromatic N) is 1. The summed E-state index contributed by atoms with van der Waals surface area (Å²) in [5.74, 6) is 0.969. The van der Waals surface area contributed by atoms with Gasteiger partial charge in [0.15, 0.2) is 0 Å². The van der Waals surface area contributed by atoms with Crippen LogP contribution < -0.4 is 4.74 Å². The van der Waals surface area contributed by atoms with Crippen LogP contribution in [0.15, 0.2) is 61.2 Å². The smallest absolute Gasteiger partial charge is 0.316 e. The third-order valence-corrected chi connectivity index (χ3v) is 3.68. The first-order valence-corrected chi connectivity index (χ1v) is 7.21. The van der Waals surface area contributed by atoms with Crippen molar-refractivity contribution in [3.63, 3.8) is 0 Å². The molecule has 1 saturated carbocycles. The van der Waals surface area contributed by atoms with Gasteiger partial charge in [-0.15, -0.1) is 6.58 Å². The molecule has 0 bridgehead atoms. The molecule has 0 aliphatic heterocycles. The number of benzene rings is 1. The second kappa shape index (κ2) is 6.02. The van der Waals surface area contributed by atoms with Gasteiger partial charge < -0.3 is 9.47 Å². The monoisotopic (exact) mass is 295 g/mol. The number of para-hydroxylation sites is 1. The molecule has 22 heavy (non-hydrogen) atoms. The lowest BCUT2D eigenvalue weighted by Gasteiger charge is -2.10. The fraction of sp³-hybridized carbons (Fsp3) is 0.222. The van der Waals surface area contributed by atoms with Crippen LogP contribution in [0, 0.1) is 5.41 Å². The van der Waals surface area contributed by atoms with Gasteiger partial charge in [-0.05, 0) is 31.0 Å². The molecule has 0 radical (unpaired) electrons. The van der Waals surface area contributed by atoms with Crippen LogP contribution in [0.2, 0.25) is 0 Å². The Morgan fingerprint density at radius 1 is 1.18 bits per heavy atom. The van der Waals surface area contributed by atoms with Crippen molar-refractivity contribution in [3.8, 4) is 11.6 Å². The molecule has 1 aromatic heterocycles. The van der Waals surface area contributed by atoms with E-state index in [-0.39, 0.29) is 12.6 Å². The van der Waals surface area contributed by atoms with Crippen molar-refractivity contribution in [1.82, 2.24) is 4.98 Å². The fourth-order valence-electron chi connectivity index (χ4n) is 2.11. The predicted molar refractivity (Wildman–Crippen MR) is 82.4 cm³/mol. The van der Waals surface area contributed by atoms with Crippen LogP contribution in [-0.2, 0) is 16.1 Å². The highest BCUT2D eigenvalue weighted by atomic mass is 16.5. The maximum atomic E-state index is 12.0. The molecule has 1 heterocycles. The summed E-state index contributed by atoms with van der Waals surface area (Å²) in [7, 11) is 0. The number of hydrogen-bond donors (Lipinski definition) is 0. The summed E-state index contributed by atoms with van der Waals surface area (Å²) in [5, 5.41) is 0. The highest BCUT2D eigenvalue weighted by molar-refractivity contribution is 5.82. The summed E-state index contributed by atoms with van der Waals surface area (Å²) in [6.45, 7) is 3.83. The Morgan fingerprint density at radius 2 is 1.95 bits per heavy atom. The lowest BCUT2D eigenvalue weighted by molar-refractivity contribution is -0.149. The molecule has 0 spiro atoms. The number of carbonyl (C=O) groups is 1. The Morgan fingerprint density at radius 3 is 2.64 bits per heavy atom. The van der Waals surface area contributed by atoms with Crippen molar-refractivity contribution < 1.29 is 14.3 Å². The third kappa shape index (κ3) is 3.17. The fourth-order valence-corrected chi connectivity index (χ4v) is 2.11. The van der Waals surface area contributed by atoms with Crippen LogP contribution in [0.1, 0.15) is 18.5 Å². The van der Waals surface area contributed by atoms with E-state index in [4.69, 9.17) is 9.47 Å². The highest BCUT2D eigenvalue weighted by Gasteiger charge is 2.48. The van der Waals surface area contributed by atoms with Gasteiger partial charge in [0.05, 0.1) is 11.1 Å². The van der Waals surface area contributed by atoms with Gasteiger partial charge in [0, 0.05) is 6.07 Å². The number of hydrogen-bond acceptors (Lipinski definition) is 4. The van der Waals surface area contributed by atoms with E-state index >= 15 is 0 Å². The zero-order valence-corrected chi connectivity index (χ0v) is 12.2. The molecular weight excluding hydrogens is 278 g/mol. The van der Waals surface area contributed by atoms with E-state index in [1.165, 1.54) is 0 Å². The second-order valence-electron chi connectivity index (χ2n) is 5.32. The SMILES string of the molecule is C=CC1(C(=O)OCc2cccc(Oc3ccccc3)n2)CC1. The number of esters is 1. The Hall–Kier alpha value is -2.62. The van der Waals surface area contributed by atoms with Gasteiger partial charge in [-0.25, -0.2) is 4.98 Å². The van der Waals surface area contributed by atoms with Crippen molar-refractivity contribution in [2.24, 2.45) is 5.41 Å². The first-order valence-electron chi connectivity index (χ1n) is 7.21. The van der Waals surface area contributed by atoms with Gasteiger partial charge in [-0.3, -0.25) is 4.79 Å². The first-order chi connectivity index (χ1) is 10.7. The summed E-state index contributed by atoms with van der Waals surface area (Å²) in [6.07, 6.45) is 3.32. The molecule has 4 nitrogen and oxygen atoms in total. The summed E-state index contributed by atoms with van der Waals surface area (Å²) < 4.78 is 11.0. The molecule has 1 fully saturated rings. The molecule has 1 aromatic carbocycles. The molecule has 0 atom stereocenters. The molecule has 1 aliphatic rings. The second-order valence-corrected chi connectivity index (χ2v) is 5.32. The molecule has 2 aromatic rings. The predicted octanol–water partition coefficient (Wildman–Crippen LogP) is 3.88. The molecule has 3 rings (SSSR count). The quantitative estimate of drug-likeness (QED) is 0.599. The van der Waals surface area contributed by atoms with E-state index in [2.05, 4.69) is 11.6 Å². The lowest BCUT2D eigenvalue weighted by Crippen LogP contribution is -2.16. The van der Waals surface area contributed by atoms with Crippen molar-refractivity contribution in [2.75, 3.05) is 0 Å².